The number of piperazine rings is 1. The lowest BCUT2D eigenvalue weighted by Crippen LogP contribution is -2.49. The molecule has 1 aromatic heterocycles. The Morgan fingerprint density at radius 1 is 1.11 bits per heavy atom. The van der Waals surface area contributed by atoms with Crippen LogP contribution in [0.1, 0.15) is 48.9 Å². The zero-order valence-electron chi connectivity index (χ0n) is 16.3. The lowest BCUT2D eigenvalue weighted by atomic mass is 10.1. The minimum Gasteiger partial charge on any atom is -0.408 e. The van der Waals surface area contributed by atoms with Crippen LogP contribution in [0, 0.1) is 0 Å². The highest BCUT2D eigenvalue weighted by molar-refractivity contribution is 5.99. The molecular formula is C20H25N5O3. The first-order valence-corrected chi connectivity index (χ1v) is 9.81. The van der Waals surface area contributed by atoms with E-state index in [1.807, 2.05) is 47.9 Å². The summed E-state index contributed by atoms with van der Waals surface area (Å²) < 4.78 is 5.71. The van der Waals surface area contributed by atoms with E-state index >= 15 is 0 Å². The van der Waals surface area contributed by atoms with Crippen molar-refractivity contribution < 1.29 is 14.0 Å². The van der Waals surface area contributed by atoms with Crippen LogP contribution in [0.4, 0.5) is 11.7 Å². The van der Waals surface area contributed by atoms with Crippen LogP contribution in [0.25, 0.3) is 0 Å². The van der Waals surface area contributed by atoms with Crippen molar-refractivity contribution in [3.05, 3.63) is 35.7 Å². The van der Waals surface area contributed by atoms with Crippen LogP contribution in [0.2, 0.25) is 0 Å². The summed E-state index contributed by atoms with van der Waals surface area (Å²) in [5, 5.41) is 8.20. The highest BCUT2D eigenvalue weighted by Gasteiger charge is 2.27. The van der Waals surface area contributed by atoms with Gasteiger partial charge in [0.15, 0.2) is 0 Å². The van der Waals surface area contributed by atoms with E-state index in [9.17, 15) is 9.59 Å². The van der Waals surface area contributed by atoms with Crippen LogP contribution >= 0.6 is 0 Å². The Kier molecular flexibility index (Phi) is 5.02. The number of benzene rings is 1. The number of hydrogen-bond acceptors (Lipinski definition) is 6. The Bertz CT molecular complexity index is 870. The molecule has 0 saturated carbocycles. The van der Waals surface area contributed by atoms with Gasteiger partial charge < -0.3 is 19.1 Å². The smallest absolute Gasteiger partial charge is 0.318 e. The van der Waals surface area contributed by atoms with Crippen LogP contribution < -0.4 is 9.80 Å². The summed E-state index contributed by atoms with van der Waals surface area (Å²) in [5.74, 6) is 0.931. The number of hydrogen-bond donors (Lipinski definition) is 0. The first-order chi connectivity index (χ1) is 13.5. The van der Waals surface area contributed by atoms with Gasteiger partial charge in [0.2, 0.25) is 11.8 Å². The molecule has 2 aromatic rings. The monoisotopic (exact) mass is 383 g/mol. The van der Waals surface area contributed by atoms with Crippen molar-refractivity contribution in [1.82, 2.24) is 15.1 Å². The van der Waals surface area contributed by atoms with Gasteiger partial charge in [-0.05, 0) is 24.6 Å². The molecule has 2 saturated heterocycles. The van der Waals surface area contributed by atoms with E-state index < -0.39 is 0 Å². The van der Waals surface area contributed by atoms with Gasteiger partial charge in [-0.15, -0.1) is 5.10 Å². The van der Waals surface area contributed by atoms with Crippen LogP contribution in [0.3, 0.4) is 0 Å². The summed E-state index contributed by atoms with van der Waals surface area (Å²) in [6, 6.07) is 7.89. The molecule has 8 nitrogen and oxygen atoms in total. The molecule has 1 aromatic carbocycles. The average molecular weight is 383 g/mol. The van der Waals surface area contributed by atoms with Gasteiger partial charge in [-0.2, -0.15) is 0 Å². The Hall–Kier alpha value is -2.90. The summed E-state index contributed by atoms with van der Waals surface area (Å²) in [6.07, 6.45) is 1.45. The third kappa shape index (κ3) is 3.58. The van der Waals surface area contributed by atoms with Gasteiger partial charge in [-0.3, -0.25) is 9.59 Å². The van der Waals surface area contributed by atoms with E-state index in [4.69, 9.17) is 4.42 Å². The third-order valence-electron chi connectivity index (χ3n) is 5.24. The van der Waals surface area contributed by atoms with Crippen molar-refractivity contribution in [2.24, 2.45) is 0 Å². The van der Waals surface area contributed by atoms with Gasteiger partial charge in [-0.25, -0.2) is 0 Å². The summed E-state index contributed by atoms with van der Waals surface area (Å²) >= 11 is 0. The molecule has 0 bridgehead atoms. The van der Waals surface area contributed by atoms with Crippen LogP contribution in [0.5, 0.6) is 0 Å². The molecule has 3 heterocycles. The number of amides is 2. The molecule has 0 aliphatic carbocycles. The van der Waals surface area contributed by atoms with Crippen molar-refractivity contribution in [2.75, 3.05) is 42.5 Å². The van der Waals surface area contributed by atoms with Crippen molar-refractivity contribution in [3.63, 3.8) is 0 Å². The SMILES string of the molecule is CC(C)c1nnc(N2CCN(C(=O)c3cccc(N4CCCC4=O)c3)CC2)o1. The van der Waals surface area contributed by atoms with Crippen LogP contribution in [-0.2, 0) is 4.79 Å². The zero-order valence-corrected chi connectivity index (χ0v) is 16.3. The third-order valence-corrected chi connectivity index (χ3v) is 5.24. The van der Waals surface area contributed by atoms with Crippen LogP contribution in [-0.4, -0.2) is 59.6 Å². The number of aromatic nitrogens is 2. The molecule has 8 heteroatoms. The molecule has 2 aliphatic rings. The molecule has 2 aliphatic heterocycles. The zero-order chi connectivity index (χ0) is 19.7. The maximum atomic E-state index is 12.9. The fourth-order valence-electron chi connectivity index (χ4n) is 3.60. The van der Waals surface area contributed by atoms with E-state index in [2.05, 4.69) is 10.2 Å². The van der Waals surface area contributed by atoms with Gasteiger partial charge in [0.1, 0.15) is 0 Å². The van der Waals surface area contributed by atoms with E-state index in [0.717, 1.165) is 18.7 Å². The average Bonchev–Trinajstić information content (AvgIpc) is 3.37. The standard InChI is InChI=1S/C20H25N5O3/c1-14(2)18-21-22-20(28-18)24-11-9-23(10-12-24)19(27)15-5-3-6-16(13-15)25-8-4-7-17(25)26/h3,5-6,13-14H,4,7-12H2,1-2H3. The molecule has 0 N–H and O–H groups in total. The second kappa shape index (κ2) is 7.61. The Balaban J connectivity index is 1.40. The highest BCUT2D eigenvalue weighted by Crippen LogP contribution is 2.24. The summed E-state index contributed by atoms with van der Waals surface area (Å²) in [7, 11) is 0. The molecule has 0 radical (unpaired) electrons. The summed E-state index contributed by atoms with van der Waals surface area (Å²) in [5.41, 5.74) is 1.42. The first-order valence-electron chi connectivity index (χ1n) is 9.81. The Labute approximate surface area is 164 Å². The minimum absolute atomic E-state index is 0.0125. The van der Waals surface area contributed by atoms with Gasteiger partial charge >= 0.3 is 6.01 Å². The lowest BCUT2D eigenvalue weighted by Gasteiger charge is -2.33. The molecule has 0 atom stereocenters. The van der Waals surface area contributed by atoms with Crippen molar-refractivity contribution in [2.45, 2.75) is 32.6 Å². The minimum atomic E-state index is -0.0125. The Morgan fingerprint density at radius 2 is 1.89 bits per heavy atom. The van der Waals surface area contributed by atoms with Gasteiger partial charge in [-0.1, -0.05) is 25.0 Å². The summed E-state index contributed by atoms with van der Waals surface area (Å²) in [4.78, 5) is 30.5. The fourth-order valence-corrected chi connectivity index (χ4v) is 3.60. The quantitative estimate of drug-likeness (QED) is 0.806. The molecule has 2 amide bonds. The van der Waals surface area contributed by atoms with Crippen LogP contribution in [0.15, 0.2) is 28.7 Å². The number of anilines is 2. The maximum absolute atomic E-state index is 12.9. The molecule has 0 spiro atoms. The van der Waals surface area contributed by atoms with E-state index in [1.165, 1.54) is 0 Å². The number of nitrogens with zero attached hydrogens (tertiary/aromatic N) is 5. The lowest BCUT2D eigenvalue weighted by molar-refractivity contribution is -0.117. The summed E-state index contributed by atoms with van der Waals surface area (Å²) in [6.45, 7) is 7.22. The predicted molar refractivity (Wildman–Crippen MR) is 105 cm³/mol. The molecule has 4 rings (SSSR count). The van der Waals surface area contributed by atoms with E-state index in [1.54, 1.807) is 4.90 Å². The number of carbonyl (C=O) groups is 2. The molecule has 28 heavy (non-hydrogen) atoms. The van der Waals surface area contributed by atoms with Crippen molar-refractivity contribution in [1.29, 1.82) is 0 Å². The largest absolute Gasteiger partial charge is 0.408 e. The van der Waals surface area contributed by atoms with E-state index in [0.29, 0.717) is 50.1 Å². The first kappa shape index (κ1) is 18.5. The molecular weight excluding hydrogens is 358 g/mol. The normalized spacial score (nSPS) is 17.7. The molecule has 148 valence electrons. The van der Waals surface area contributed by atoms with Crippen molar-refractivity contribution in [3.8, 4) is 0 Å². The van der Waals surface area contributed by atoms with Gasteiger partial charge in [0.25, 0.3) is 5.91 Å². The second-order valence-corrected chi connectivity index (χ2v) is 7.56. The van der Waals surface area contributed by atoms with Crippen molar-refractivity contribution >= 4 is 23.5 Å². The topological polar surface area (TPSA) is 82.8 Å². The van der Waals surface area contributed by atoms with Gasteiger partial charge in [0, 0.05) is 56.3 Å². The Morgan fingerprint density at radius 3 is 2.54 bits per heavy atom. The predicted octanol–water partition coefficient (Wildman–Crippen LogP) is 2.28. The fraction of sp³-hybridized carbons (Fsp3) is 0.500. The van der Waals surface area contributed by atoms with E-state index in [-0.39, 0.29) is 17.7 Å². The second-order valence-electron chi connectivity index (χ2n) is 7.56. The number of rotatable bonds is 4. The number of carbonyl (C=O) groups excluding carboxylic acids is 2. The molecule has 0 unspecified atom stereocenters. The van der Waals surface area contributed by atoms with Gasteiger partial charge in [0.05, 0.1) is 0 Å². The molecule has 2 fully saturated rings. The maximum Gasteiger partial charge on any atom is 0.318 e. The highest BCUT2D eigenvalue weighted by atomic mass is 16.4.